The molecule has 0 radical (unpaired) electrons. The summed E-state index contributed by atoms with van der Waals surface area (Å²) in [6, 6.07) is 0. The third kappa shape index (κ3) is 2.69. The van der Waals surface area contributed by atoms with Crippen LogP contribution in [0.4, 0.5) is 5.82 Å². The fourth-order valence-electron chi connectivity index (χ4n) is 1.31. The van der Waals surface area contributed by atoms with Crippen molar-refractivity contribution in [3.8, 4) is 0 Å². The Morgan fingerprint density at radius 2 is 2.21 bits per heavy atom. The lowest BCUT2D eigenvalue weighted by molar-refractivity contribution is 0.0556. The van der Waals surface area contributed by atoms with Gasteiger partial charge in [-0.3, -0.25) is 0 Å². The number of aryl methyl sites for hydroxylation is 1. The fraction of sp³-hybridized carbons (Fsp3) is 0.700. The molecule has 2 N–H and O–H groups in total. The fourth-order valence-corrected chi connectivity index (χ4v) is 2.23. The number of anilines is 1. The number of aromatic nitrogens is 1. The predicted molar refractivity (Wildman–Crippen MR) is 60.5 cm³/mol. The highest BCUT2D eigenvalue weighted by molar-refractivity contribution is 7.12. The van der Waals surface area contributed by atoms with Crippen molar-refractivity contribution in [3.05, 3.63) is 9.88 Å². The van der Waals surface area contributed by atoms with Crippen LogP contribution in [0.1, 0.15) is 42.7 Å². The Balaban J connectivity index is 2.76. The van der Waals surface area contributed by atoms with E-state index in [1.54, 1.807) is 11.3 Å². The van der Waals surface area contributed by atoms with Gasteiger partial charge < -0.3 is 10.5 Å². The zero-order chi connectivity index (χ0) is 10.6. The van der Waals surface area contributed by atoms with Crippen molar-refractivity contribution < 1.29 is 4.74 Å². The van der Waals surface area contributed by atoms with E-state index in [9.17, 15) is 0 Å². The third-order valence-corrected chi connectivity index (χ3v) is 3.12. The molecule has 1 aromatic rings. The smallest absolute Gasteiger partial charge is 0.137 e. The Morgan fingerprint density at radius 1 is 1.50 bits per heavy atom. The highest BCUT2D eigenvalue weighted by atomic mass is 32.1. The first-order chi connectivity index (χ1) is 6.69. The van der Waals surface area contributed by atoms with Crippen molar-refractivity contribution in [1.29, 1.82) is 0 Å². The van der Waals surface area contributed by atoms with Gasteiger partial charge in [-0.05, 0) is 20.3 Å². The van der Waals surface area contributed by atoms with Crippen LogP contribution in [0.5, 0.6) is 0 Å². The maximum absolute atomic E-state index is 5.71. The molecule has 0 aliphatic carbocycles. The summed E-state index contributed by atoms with van der Waals surface area (Å²) in [6.45, 7) is 6.87. The lowest BCUT2D eigenvalue weighted by Gasteiger charge is -2.12. The lowest BCUT2D eigenvalue weighted by Crippen LogP contribution is -2.03. The molecule has 0 aliphatic rings. The van der Waals surface area contributed by atoms with Gasteiger partial charge in [-0.25, -0.2) is 4.98 Å². The van der Waals surface area contributed by atoms with Gasteiger partial charge in [0, 0.05) is 11.5 Å². The van der Waals surface area contributed by atoms with E-state index < -0.39 is 0 Å². The van der Waals surface area contributed by atoms with E-state index >= 15 is 0 Å². The van der Waals surface area contributed by atoms with E-state index in [2.05, 4.69) is 11.9 Å². The molecule has 4 heteroatoms. The van der Waals surface area contributed by atoms with E-state index in [0.717, 1.165) is 29.3 Å². The molecule has 1 aromatic heterocycles. The van der Waals surface area contributed by atoms with Gasteiger partial charge >= 0.3 is 0 Å². The molecule has 1 atom stereocenters. The van der Waals surface area contributed by atoms with Crippen molar-refractivity contribution >= 4 is 17.2 Å². The van der Waals surface area contributed by atoms with E-state index in [4.69, 9.17) is 10.5 Å². The highest BCUT2D eigenvalue weighted by Crippen LogP contribution is 2.29. The molecule has 0 amide bonds. The number of hydrogen-bond donors (Lipinski definition) is 1. The van der Waals surface area contributed by atoms with Crippen LogP contribution < -0.4 is 5.73 Å². The zero-order valence-corrected chi connectivity index (χ0v) is 9.86. The van der Waals surface area contributed by atoms with Gasteiger partial charge in [0.05, 0.1) is 0 Å². The van der Waals surface area contributed by atoms with Crippen molar-refractivity contribution in [2.45, 2.75) is 39.7 Å². The number of nitrogens with zero attached hydrogens (tertiary/aromatic N) is 1. The quantitative estimate of drug-likeness (QED) is 0.819. The SMILES string of the molecule is CCCC(OCC)c1nc(N)c(C)s1. The Hall–Kier alpha value is -0.610. The summed E-state index contributed by atoms with van der Waals surface area (Å²) < 4.78 is 5.63. The van der Waals surface area contributed by atoms with Crippen LogP contribution in [0, 0.1) is 6.92 Å². The first kappa shape index (κ1) is 11.5. The molecule has 14 heavy (non-hydrogen) atoms. The summed E-state index contributed by atoms with van der Waals surface area (Å²) in [5, 5.41) is 1.02. The summed E-state index contributed by atoms with van der Waals surface area (Å²) in [6.07, 6.45) is 2.25. The number of nitrogen functional groups attached to an aromatic ring is 1. The molecule has 0 saturated carbocycles. The molecule has 0 saturated heterocycles. The molecular weight excluding hydrogens is 196 g/mol. The van der Waals surface area contributed by atoms with Gasteiger partial charge in [-0.2, -0.15) is 0 Å². The van der Waals surface area contributed by atoms with E-state index in [1.807, 2.05) is 13.8 Å². The normalized spacial score (nSPS) is 13.1. The van der Waals surface area contributed by atoms with Crippen LogP contribution in [0.2, 0.25) is 0 Å². The lowest BCUT2D eigenvalue weighted by atomic mass is 10.2. The van der Waals surface area contributed by atoms with Crippen molar-refractivity contribution in [1.82, 2.24) is 4.98 Å². The summed E-state index contributed by atoms with van der Waals surface area (Å²) in [7, 11) is 0. The monoisotopic (exact) mass is 214 g/mol. The van der Waals surface area contributed by atoms with Crippen molar-refractivity contribution in [2.75, 3.05) is 12.3 Å². The van der Waals surface area contributed by atoms with Gasteiger partial charge in [0.1, 0.15) is 16.9 Å². The zero-order valence-electron chi connectivity index (χ0n) is 9.04. The third-order valence-electron chi connectivity index (χ3n) is 2.04. The van der Waals surface area contributed by atoms with Crippen LogP contribution >= 0.6 is 11.3 Å². The molecular formula is C10H18N2OS. The second kappa shape index (κ2) is 5.32. The standard InChI is InChI=1S/C10H18N2OS/c1-4-6-8(13-5-2)10-12-9(11)7(3)14-10/h8H,4-6,11H2,1-3H3. The van der Waals surface area contributed by atoms with Crippen LogP contribution in [-0.2, 0) is 4.74 Å². The first-order valence-electron chi connectivity index (χ1n) is 5.03. The van der Waals surface area contributed by atoms with E-state index in [1.165, 1.54) is 0 Å². The molecule has 1 unspecified atom stereocenters. The maximum Gasteiger partial charge on any atom is 0.137 e. The molecule has 0 aromatic carbocycles. The van der Waals surface area contributed by atoms with Gasteiger partial charge in [-0.1, -0.05) is 13.3 Å². The van der Waals surface area contributed by atoms with Crippen LogP contribution in [0.15, 0.2) is 0 Å². The molecule has 0 spiro atoms. The largest absolute Gasteiger partial charge is 0.383 e. The number of nitrogens with two attached hydrogens (primary N) is 1. The molecule has 0 fully saturated rings. The minimum absolute atomic E-state index is 0.131. The Kier molecular flexibility index (Phi) is 4.35. The molecule has 80 valence electrons. The molecule has 0 aliphatic heterocycles. The first-order valence-corrected chi connectivity index (χ1v) is 5.85. The summed E-state index contributed by atoms with van der Waals surface area (Å²) in [4.78, 5) is 5.40. The van der Waals surface area contributed by atoms with Gasteiger partial charge in [0.25, 0.3) is 0 Å². The summed E-state index contributed by atoms with van der Waals surface area (Å²) in [5.74, 6) is 0.644. The minimum atomic E-state index is 0.131. The molecule has 0 bridgehead atoms. The van der Waals surface area contributed by atoms with E-state index in [-0.39, 0.29) is 6.10 Å². The Bertz CT molecular complexity index is 260. The summed E-state index contributed by atoms with van der Waals surface area (Å²) in [5.41, 5.74) is 5.71. The van der Waals surface area contributed by atoms with Crippen LogP contribution in [0.25, 0.3) is 0 Å². The molecule has 1 rings (SSSR count). The number of hydrogen-bond acceptors (Lipinski definition) is 4. The van der Waals surface area contributed by atoms with Crippen LogP contribution in [0.3, 0.4) is 0 Å². The average Bonchev–Trinajstić information content (AvgIpc) is 2.47. The topological polar surface area (TPSA) is 48.1 Å². The summed E-state index contributed by atoms with van der Waals surface area (Å²) >= 11 is 1.64. The van der Waals surface area contributed by atoms with Gasteiger partial charge in [0.2, 0.25) is 0 Å². The predicted octanol–water partition coefficient (Wildman–Crippen LogP) is 2.91. The number of thiazole rings is 1. The highest BCUT2D eigenvalue weighted by Gasteiger charge is 2.15. The average molecular weight is 214 g/mol. The van der Waals surface area contributed by atoms with Crippen molar-refractivity contribution in [3.63, 3.8) is 0 Å². The number of rotatable bonds is 5. The number of ether oxygens (including phenoxy) is 1. The molecule has 3 nitrogen and oxygen atoms in total. The van der Waals surface area contributed by atoms with Gasteiger partial charge in [0.15, 0.2) is 0 Å². The Labute approximate surface area is 89.3 Å². The second-order valence-electron chi connectivity index (χ2n) is 3.23. The van der Waals surface area contributed by atoms with Crippen LogP contribution in [-0.4, -0.2) is 11.6 Å². The Morgan fingerprint density at radius 3 is 2.64 bits per heavy atom. The maximum atomic E-state index is 5.71. The minimum Gasteiger partial charge on any atom is -0.383 e. The van der Waals surface area contributed by atoms with E-state index in [0.29, 0.717) is 5.82 Å². The van der Waals surface area contributed by atoms with Gasteiger partial charge in [-0.15, -0.1) is 11.3 Å². The van der Waals surface area contributed by atoms with Crippen molar-refractivity contribution in [2.24, 2.45) is 0 Å². The molecule has 1 heterocycles. The second-order valence-corrected chi connectivity index (χ2v) is 4.46.